The lowest BCUT2D eigenvalue weighted by Gasteiger charge is -2.23. The van der Waals surface area contributed by atoms with Crippen molar-refractivity contribution >= 4 is 33.8 Å². The van der Waals surface area contributed by atoms with E-state index in [1.807, 2.05) is 28.5 Å². The molecule has 1 unspecified atom stereocenters. The van der Waals surface area contributed by atoms with Gasteiger partial charge in [0.25, 0.3) is 0 Å². The molecule has 2 amide bonds. The van der Waals surface area contributed by atoms with E-state index in [0.29, 0.717) is 10.1 Å². The van der Waals surface area contributed by atoms with Crippen LogP contribution in [0.2, 0.25) is 0 Å². The summed E-state index contributed by atoms with van der Waals surface area (Å²) in [5.74, 6) is 0. The topological polar surface area (TPSA) is 71.0 Å². The molecule has 1 saturated heterocycles. The number of nitrogens with one attached hydrogen (secondary N) is 1. The maximum atomic E-state index is 12.6. The summed E-state index contributed by atoms with van der Waals surface area (Å²) in [5, 5.41) is 16.4. The Balaban J connectivity index is 1.47. The number of anilines is 1. The predicted octanol–water partition coefficient (Wildman–Crippen LogP) is 4.03. The number of urea groups is 1. The average molecular weight is 357 g/mol. The lowest BCUT2D eigenvalue weighted by molar-refractivity contribution is 0.207. The molecule has 0 aliphatic carbocycles. The second kappa shape index (κ2) is 6.66. The third-order valence-electron chi connectivity index (χ3n) is 3.96. The molecule has 0 spiro atoms. The van der Waals surface area contributed by atoms with Gasteiger partial charge in [-0.3, -0.25) is 10.3 Å². The highest BCUT2D eigenvalue weighted by Crippen LogP contribution is 2.34. The van der Waals surface area contributed by atoms with Crippen LogP contribution in [0.1, 0.15) is 24.4 Å². The minimum atomic E-state index is -0.118. The van der Waals surface area contributed by atoms with Gasteiger partial charge in [0, 0.05) is 12.7 Å². The van der Waals surface area contributed by atoms with Crippen molar-refractivity contribution in [3.63, 3.8) is 0 Å². The van der Waals surface area contributed by atoms with E-state index in [9.17, 15) is 4.79 Å². The van der Waals surface area contributed by atoms with E-state index in [0.717, 1.165) is 25.1 Å². The number of thiophene rings is 1. The zero-order valence-corrected chi connectivity index (χ0v) is 14.4. The monoisotopic (exact) mass is 357 g/mol. The van der Waals surface area contributed by atoms with Crippen LogP contribution in [0.5, 0.6) is 0 Å². The first-order valence-corrected chi connectivity index (χ1v) is 9.42. The van der Waals surface area contributed by atoms with Crippen molar-refractivity contribution in [1.82, 2.24) is 20.1 Å². The molecule has 0 radical (unpaired) electrons. The van der Waals surface area contributed by atoms with E-state index in [-0.39, 0.29) is 12.1 Å². The maximum absolute atomic E-state index is 12.6. The fourth-order valence-electron chi connectivity index (χ4n) is 2.85. The van der Waals surface area contributed by atoms with Crippen LogP contribution in [-0.2, 0) is 0 Å². The Morgan fingerprint density at radius 3 is 3.04 bits per heavy atom. The molecule has 8 heteroatoms. The van der Waals surface area contributed by atoms with Gasteiger partial charge in [0.1, 0.15) is 5.69 Å². The summed E-state index contributed by atoms with van der Waals surface area (Å²) in [5.41, 5.74) is 1.96. The first kappa shape index (κ1) is 15.2. The molecule has 1 aliphatic heterocycles. The highest BCUT2D eigenvalue weighted by Gasteiger charge is 2.30. The summed E-state index contributed by atoms with van der Waals surface area (Å²) < 4.78 is 0. The van der Waals surface area contributed by atoms with Crippen LogP contribution in [0.25, 0.3) is 10.7 Å². The standard InChI is InChI=1S/C16H15N5OS2/c22-16(21-8-3-5-13(21)11-6-9-23-10-11)18-15-20-19-14(24-15)12-4-1-2-7-17-12/h1-2,4,6-7,9-10,13H,3,5,8H2,(H,18,20,22). The summed E-state index contributed by atoms with van der Waals surface area (Å²) >= 11 is 2.99. The third-order valence-corrected chi connectivity index (χ3v) is 5.53. The van der Waals surface area contributed by atoms with Crippen LogP contribution in [-0.4, -0.2) is 32.7 Å². The number of nitrogens with zero attached hydrogens (tertiary/aromatic N) is 4. The number of hydrogen-bond acceptors (Lipinski definition) is 6. The van der Waals surface area contributed by atoms with Gasteiger partial charge < -0.3 is 4.90 Å². The molecule has 0 bridgehead atoms. The third kappa shape index (κ3) is 3.02. The van der Waals surface area contributed by atoms with Crippen LogP contribution in [0.3, 0.4) is 0 Å². The average Bonchev–Trinajstić information content (AvgIpc) is 3.36. The second-order valence-corrected chi connectivity index (χ2v) is 7.22. The molecule has 4 heterocycles. The smallest absolute Gasteiger partial charge is 0.317 e. The molecular formula is C16H15N5OS2. The van der Waals surface area contributed by atoms with Crippen molar-refractivity contribution in [2.75, 3.05) is 11.9 Å². The Labute approximate surface area is 147 Å². The number of hydrogen-bond donors (Lipinski definition) is 1. The molecule has 0 aromatic carbocycles. The van der Waals surface area contributed by atoms with Crippen molar-refractivity contribution in [3.05, 3.63) is 46.8 Å². The van der Waals surface area contributed by atoms with Gasteiger partial charge >= 0.3 is 6.03 Å². The summed E-state index contributed by atoms with van der Waals surface area (Å²) in [6.45, 7) is 0.762. The first-order chi connectivity index (χ1) is 11.8. The molecule has 3 aromatic heterocycles. The zero-order valence-electron chi connectivity index (χ0n) is 12.8. The molecular weight excluding hydrogens is 342 g/mol. The minimum Gasteiger partial charge on any atom is -0.317 e. The molecule has 3 aromatic rings. The van der Waals surface area contributed by atoms with Gasteiger partial charge in [0.2, 0.25) is 5.13 Å². The fourth-order valence-corrected chi connectivity index (χ4v) is 4.27. The lowest BCUT2D eigenvalue weighted by Crippen LogP contribution is -2.34. The Bertz CT molecular complexity index is 818. The van der Waals surface area contributed by atoms with Gasteiger partial charge in [-0.2, -0.15) is 11.3 Å². The van der Waals surface area contributed by atoms with E-state index in [2.05, 4.69) is 31.9 Å². The van der Waals surface area contributed by atoms with Crippen LogP contribution in [0.15, 0.2) is 41.2 Å². The van der Waals surface area contributed by atoms with Crippen LogP contribution in [0.4, 0.5) is 9.93 Å². The van der Waals surface area contributed by atoms with Gasteiger partial charge in [-0.25, -0.2) is 4.79 Å². The van der Waals surface area contributed by atoms with Crippen molar-refractivity contribution in [2.45, 2.75) is 18.9 Å². The van der Waals surface area contributed by atoms with E-state index < -0.39 is 0 Å². The van der Waals surface area contributed by atoms with Crippen LogP contribution in [0, 0.1) is 0 Å². The highest BCUT2D eigenvalue weighted by molar-refractivity contribution is 7.18. The Kier molecular flexibility index (Phi) is 4.22. The Hall–Kier alpha value is -2.32. The maximum Gasteiger partial charge on any atom is 0.324 e. The number of carbonyl (C=O) groups is 1. The lowest BCUT2D eigenvalue weighted by atomic mass is 10.1. The molecule has 4 rings (SSSR count). The van der Waals surface area contributed by atoms with E-state index in [4.69, 9.17) is 0 Å². The molecule has 1 N–H and O–H groups in total. The first-order valence-electron chi connectivity index (χ1n) is 7.66. The van der Waals surface area contributed by atoms with E-state index >= 15 is 0 Å². The van der Waals surface area contributed by atoms with Gasteiger partial charge in [0.15, 0.2) is 5.01 Å². The predicted molar refractivity (Wildman–Crippen MR) is 95.2 cm³/mol. The van der Waals surface area contributed by atoms with Gasteiger partial charge in [0.05, 0.1) is 6.04 Å². The Morgan fingerprint density at radius 1 is 1.29 bits per heavy atom. The highest BCUT2D eigenvalue weighted by atomic mass is 32.1. The zero-order chi connectivity index (χ0) is 16.4. The molecule has 1 aliphatic rings. The van der Waals surface area contributed by atoms with Crippen molar-refractivity contribution in [2.24, 2.45) is 0 Å². The van der Waals surface area contributed by atoms with Crippen LogP contribution >= 0.6 is 22.7 Å². The number of pyridine rings is 1. The number of amides is 2. The van der Waals surface area contributed by atoms with Gasteiger partial charge in [-0.05, 0) is 47.4 Å². The molecule has 24 heavy (non-hydrogen) atoms. The van der Waals surface area contributed by atoms with Crippen molar-refractivity contribution in [3.8, 4) is 10.7 Å². The second-order valence-electron chi connectivity index (χ2n) is 5.47. The largest absolute Gasteiger partial charge is 0.324 e. The summed E-state index contributed by atoms with van der Waals surface area (Å²) in [7, 11) is 0. The number of likely N-dealkylation sites (tertiary alicyclic amines) is 1. The van der Waals surface area contributed by atoms with Crippen molar-refractivity contribution < 1.29 is 4.79 Å². The normalized spacial score (nSPS) is 17.2. The summed E-state index contributed by atoms with van der Waals surface area (Å²) in [6.07, 6.45) is 3.73. The molecule has 1 atom stereocenters. The van der Waals surface area contributed by atoms with Gasteiger partial charge in [-0.15, -0.1) is 10.2 Å². The summed E-state index contributed by atoms with van der Waals surface area (Å²) in [6, 6.07) is 7.75. The molecule has 1 fully saturated rings. The van der Waals surface area contributed by atoms with Crippen LogP contribution < -0.4 is 5.32 Å². The quantitative estimate of drug-likeness (QED) is 0.768. The van der Waals surface area contributed by atoms with Gasteiger partial charge in [-0.1, -0.05) is 17.4 Å². The number of carbonyl (C=O) groups excluding carboxylic acids is 1. The number of rotatable bonds is 3. The minimum absolute atomic E-state index is 0.118. The molecule has 6 nitrogen and oxygen atoms in total. The molecule has 122 valence electrons. The summed E-state index contributed by atoms with van der Waals surface area (Å²) in [4.78, 5) is 18.7. The van der Waals surface area contributed by atoms with E-state index in [1.54, 1.807) is 17.5 Å². The van der Waals surface area contributed by atoms with E-state index in [1.165, 1.54) is 16.9 Å². The fraction of sp³-hybridized carbons (Fsp3) is 0.250. The Morgan fingerprint density at radius 2 is 2.25 bits per heavy atom. The van der Waals surface area contributed by atoms with Crippen molar-refractivity contribution in [1.29, 1.82) is 0 Å². The SMILES string of the molecule is O=C(Nc1nnc(-c2ccccn2)s1)N1CCCC1c1ccsc1. The molecule has 0 saturated carbocycles. The number of aromatic nitrogens is 3.